The zero-order valence-electron chi connectivity index (χ0n) is 6.81. The first-order chi connectivity index (χ1) is 6.60. The molecule has 0 saturated carbocycles. The quantitative estimate of drug-likeness (QED) is 0.628. The molecule has 0 amide bonds. The van der Waals surface area contributed by atoms with E-state index in [0.29, 0.717) is 6.29 Å². The van der Waals surface area contributed by atoms with E-state index in [2.05, 4.69) is 36.8 Å². The van der Waals surface area contributed by atoms with Crippen molar-refractivity contribution in [2.24, 2.45) is 0 Å². The van der Waals surface area contributed by atoms with Gasteiger partial charge in [-0.25, -0.2) is 13.8 Å². The maximum Gasteiger partial charge on any atom is 0.266 e. The van der Waals surface area contributed by atoms with Crippen LogP contribution in [0.15, 0.2) is 10.5 Å². The number of aldehydes is 1. The maximum atomic E-state index is 12.5. The van der Waals surface area contributed by atoms with Gasteiger partial charge in [0.15, 0.2) is 6.29 Å². The summed E-state index contributed by atoms with van der Waals surface area (Å²) in [5.41, 5.74) is 0.139. The topological polar surface area (TPSA) is 30.0 Å². The van der Waals surface area contributed by atoms with Crippen molar-refractivity contribution in [1.82, 2.24) is 4.98 Å². The van der Waals surface area contributed by atoms with Gasteiger partial charge < -0.3 is 0 Å². The van der Waals surface area contributed by atoms with Crippen LogP contribution in [-0.2, 0) is 5.33 Å². The van der Waals surface area contributed by atoms with E-state index in [-0.39, 0.29) is 26.8 Å². The van der Waals surface area contributed by atoms with Gasteiger partial charge in [-0.15, -0.1) is 0 Å². The fourth-order valence-corrected chi connectivity index (χ4v) is 2.05. The molecule has 1 aromatic heterocycles. The monoisotopic (exact) mass is 327 g/mol. The van der Waals surface area contributed by atoms with Crippen molar-refractivity contribution in [2.75, 3.05) is 0 Å². The van der Waals surface area contributed by atoms with E-state index < -0.39 is 6.43 Å². The van der Waals surface area contributed by atoms with E-state index in [1.807, 2.05) is 0 Å². The molecule has 1 heterocycles. The Morgan fingerprint density at radius 3 is 2.64 bits per heavy atom. The first-order valence-electron chi connectivity index (χ1n) is 3.58. The molecule has 0 N–H and O–H groups in total. The second kappa shape index (κ2) is 4.93. The molecule has 0 fully saturated rings. The summed E-state index contributed by atoms with van der Waals surface area (Å²) in [5, 5.41) is 0.187. The number of rotatable bonds is 3. The van der Waals surface area contributed by atoms with Crippen LogP contribution in [0.4, 0.5) is 8.78 Å². The Morgan fingerprint density at radius 1 is 1.57 bits per heavy atom. The molecule has 14 heavy (non-hydrogen) atoms. The average Bonchev–Trinajstić information content (AvgIpc) is 2.15. The van der Waals surface area contributed by atoms with Gasteiger partial charge in [-0.1, -0.05) is 31.9 Å². The van der Waals surface area contributed by atoms with Crippen LogP contribution in [0.3, 0.4) is 0 Å². The second-order valence-electron chi connectivity index (χ2n) is 2.44. The molecule has 6 heteroatoms. The number of carbonyl (C=O) groups is 1. The summed E-state index contributed by atoms with van der Waals surface area (Å²) in [7, 11) is 0. The smallest absolute Gasteiger partial charge is 0.266 e. The van der Waals surface area contributed by atoms with Gasteiger partial charge in [-0.3, -0.25) is 4.79 Å². The van der Waals surface area contributed by atoms with Crippen molar-refractivity contribution < 1.29 is 13.6 Å². The minimum absolute atomic E-state index is 0.135. The minimum atomic E-state index is -2.61. The summed E-state index contributed by atoms with van der Waals surface area (Å²) in [4.78, 5) is 14.2. The van der Waals surface area contributed by atoms with Crippen molar-refractivity contribution in [3.8, 4) is 0 Å². The van der Waals surface area contributed by atoms with Crippen molar-refractivity contribution in [2.45, 2.75) is 11.8 Å². The van der Waals surface area contributed by atoms with E-state index in [1.165, 1.54) is 6.07 Å². The minimum Gasteiger partial charge on any atom is -0.296 e. The Bertz CT molecular complexity index is 357. The average molecular weight is 329 g/mol. The molecule has 0 aliphatic carbocycles. The van der Waals surface area contributed by atoms with E-state index in [0.717, 1.165) is 0 Å². The highest BCUT2D eigenvalue weighted by Crippen LogP contribution is 2.31. The lowest BCUT2D eigenvalue weighted by atomic mass is 10.2. The number of aromatic nitrogens is 1. The summed E-state index contributed by atoms with van der Waals surface area (Å²) in [6.45, 7) is 0. The number of hydrogen-bond donors (Lipinski definition) is 0. The summed E-state index contributed by atoms with van der Waals surface area (Å²) >= 11 is 6.02. The standard InChI is InChI=1S/C8H5Br2F2NO/c9-2-6-7(8(11)12)5(10)1-4(3-14)13-6/h1,3,8H,2H2. The summed E-state index contributed by atoms with van der Waals surface area (Å²) in [6, 6.07) is 1.28. The van der Waals surface area contributed by atoms with Crippen LogP contribution in [0.5, 0.6) is 0 Å². The number of pyridine rings is 1. The highest BCUT2D eigenvalue weighted by atomic mass is 79.9. The molecule has 0 aromatic carbocycles. The zero-order chi connectivity index (χ0) is 10.7. The number of nitrogens with zero attached hydrogens (tertiary/aromatic N) is 1. The Labute approximate surface area is 96.0 Å². The van der Waals surface area contributed by atoms with Gasteiger partial charge in [0, 0.05) is 9.80 Å². The molecule has 0 aliphatic rings. The Hall–Kier alpha value is -0.360. The van der Waals surface area contributed by atoms with Gasteiger partial charge in [0.05, 0.1) is 11.3 Å². The molecule has 2 nitrogen and oxygen atoms in total. The van der Waals surface area contributed by atoms with Crippen LogP contribution in [0, 0.1) is 0 Å². The van der Waals surface area contributed by atoms with Crippen LogP contribution in [0.25, 0.3) is 0 Å². The lowest BCUT2D eigenvalue weighted by Crippen LogP contribution is -2.01. The van der Waals surface area contributed by atoms with E-state index in [9.17, 15) is 13.6 Å². The zero-order valence-corrected chi connectivity index (χ0v) is 9.98. The Balaban J connectivity index is 3.34. The van der Waals surface area contributed by atoms with Gasteiger partial charge in [0.2, 0.25) is 0 Å². The van der Waals surface area contributed by atoms with Crippen LogP contribution in [0.1, 0.15) is 28.2 Å². The molecule has 0 spiro atoms. The van der Waals surface area contributed by atoms with Gasteiger partial charge >= 0.3 is 0 Å². The first-order valence-corrected chi connectivity index (χ1v) is 5.50. The molecule has 0 unspecified atom stereocenters. The number of carbonyl (C=O) groups excluding carboxylic acids is 1. The Morgan fingerprint density at radius 2 is 2.21 bits per heavy atom. The third-order valence-corrected chi connectivity index (χ3v) is 2.76. The fraction of sp³-hybridized carbons (Fsp3) is 0.250. The van der Waals surface area contributed by atoms with Gasteiger partial charge in [0.1, 0.15) is 5.69 Å². The number of hydrogen-bond acceptors (Lipinski definition) is 2. The predicted molar refractivity (Wildman–Crippen MR) is 54.9 cm³/mol. The van der Waals surface area contributed by atoms with Crippen LogP contribution in [0.2, 0.25) is 0 Å². The molecule has 0 atom stereocenters. The molecule has 76 valence electrons. The van der Waals surface area contributed by atoms with Crippen molar-refractivity contribution in [3.63, 3.8) is 0 Å². The summed E-state index contributed by atoms with van der Waals surface area (Å²) < 4.78 is 25.3. The molecule has 1 rings (SSSR count). The molecule has 0 aliphatic heterocycles. The predicted octanol–water partition coefficient (Wildman–Crippen LogP) is 3.49. The van der Waals surface area contributed by atoms with E-state index in [1.54, 1.807) is 0 Å². The largest absolute Gasteiger partial charge is 0.296 e. The van der Waals surface area contributed by atoms with Crippen molar-refractivity contribution in [3.05, 3.63) is 27.5 Å². The molecule has 0 radical (unpaired) electrons. The highest BCUT2D eigenvalue weighted by molar-refractivity contribution is 9.10. The van der Waals surface area contributed by atoms with Crippen molar-refractivity contribution >= 4 is 38.1 Å². The Kier molecular flexibility index (Phi) is 4.12. The normalized spacial score (nSPS) is 10.6. The SMILES string of the molecule is O=Cc1cc(Br)c(C(F)F)c(CBr)n1. The van der Waals surface area contributed by atoms with Gasteiger partial charge in [-0.2, -0.15) is 0 Å². The van der Waals surface area contributed by atoms with E-state index in [4.69, 9.17) is 0 Å². The van der Waals surface area contributed by atoms with Crippen LogP contribution in [-0.4, -0.2) is 11.3 Å². The maximum absolute atomic E-state index is 12.5. The lowest BCUT2D eigenvalue weighted by molar-refractivity contribution is 0.111. The van der Waals surface area contributed by atoms with Crippen LogP contribution < -0.4 is 0 Å². The molecular formula is C8H5Br2F2NO. The fourth-order valence-electron chi connectivity index (χ4n) is 0.986. The van der Waals surface area contributed by atoms with Gasteiger partial charge in [-0.05, 0) is 6.07 Å². The van der Waals surface area contributed by atoms with Crippen molar-refractivity contribution in [1.29, 1.82) is 0 Å². The third-order valence-electron chi connectivity index (χ3n) is 1.57. The number of halogens is 4. The third kappa shape index (κ3) is 2.36. The molecular weight excluding hydrogens is 324 g/mol. The molecule has 0 bridgehead atoms. The van der Waals surface area contributed by atoms with E-state index >= 15 is 0 Å². The van der Waals surface area contributed by atoms with Crippen LogP contribution >= 0.6 is 31.9 Å². The second-order valence-corrected chi connectivity index (χ2v) is 3.86. The molecule has 0 saturated heterocycles. The lowest BCUT2D eigenvalue weighted by Gasteiger charge is -2.08. The molecule has 1 aromatic rings. The highest BCUT2D eigenvalue weighted by Gasteiger charge is 2.18. The number of alkyl halides is 3. The summed E-state index contributed by atoms with van der Waals surface area (Å²) in [5.74, 6) is 0. The summed E-state index contributed by atoms with van der Waals surface area (Å²) in [6.07, 6.45) is -2.09. The van der Waals surface area contributed by atoms with Gasteiger partial charge in [0.25, 0.3) is 6.43 Å². The first kappa shape index (κ1) is 11.7.